The SMILES string of the molecule is Cc1cc(Nc2cc(Cl)cc(Cl)c2)nc(N2CCc3ccccc3C2)n1. The van der Waals surface area contributed by atoms with E-state index in [2.05, 4.69) is 39.5 Å². The van der Waals surface area contributed by atoms with E-state index in [9.17, 15) is 0 Å². The normalized spacial score (nSPS) is 13.4. The van der Waals surface area contributed by atoms with E-state index < -0.39 is 0 Å². The second-order valence-corrected chi connectivity index (χ2v) is 7.29. The average molecular weight is 385 g/mol. The van der Waals surface area contributed by atoms with Gasteiger partial charge in [0.05, 0.1) is 0 Å². The second-order valence-electron chi connectivity index (χ2n) is 6.42. The van der Waals surface area contributed by atoms with Gasteiger partial charge in [-0.2, -0.15) is 4.98 Å². The molecule has 0 atom stereocenters. The van der Waals surface area contributed by atoms with Crippen molar-refractivity contribution in [3.8, 4) is 0 Å². The number of hydrogen-bond donors (Lipinski definition) is 1. The van der Waals surface area contributed by atoms with E-state index in [1.807, 2.05) is 25.1 Å². The summed E-state index contributed by atoms with van der Waals surface area (Å²) in [7, 11) is 0. The number of halogens is 2. The highest BCUT2D eigenvalue weighted by molar-refractivity contribution is 6.35. The van der Waals surface area contributed by atoms with Gasteiger partial charge in [0.2, 0.25) is 5.95 Å². The summed E-state index contributed by atoms with van der Waals surface area (Å²) in [6.45, 7) is 3.70. The van der Waals surface area contributed by atoms with Gasteiger partial charge in [0, 0.05) is 40.6 Å². The quantitative estimate of drug-likeness (QED) is 0.656. The van der Waals surface area contributed by atoms with Gasteiger partial charge in [-0.25, -0.2) is 4.98 Å². The van der Waals surface area contributed by atoms with Crippen LogP contribution in [0.5, 0.6) is 0 Å². The molecule has 1 aliphatic heterocycles. The molecule has 0 amide bonds. The van der Waals surface area contributed by atoms with Crippen molar-refractivity contribution in [1.29, 1.82) is 0 Å². The molecule has 2 aromatic carbocycles. The maximum absolute atomic E-state index is 6.08. The number of nitrogens with zero attached hydrogens (tertiary/aromatic N) is 3. The smallest absolute Gasteiger partial charge is 0.227 e. The molecule has 0 bridgehead atoms. The van der Waals surface area contributed by atoms with Crippen LogP contribution in [0.1, 0.15) is 16.8 Å². The topological polar surface area (TPSA) is 41.1 Å². The maximum atomic E-state index is 6.08. The fourth-order valence-electron chi connectivity index (χ4n) is 3.20. The minimum Gasteiger partial charge on any atom is -0.340 e. The van der Waals surface area contributed by atoms with Crippen LogP contribution in [0.4, 0.5) is 17.5 Å². The number of rotatable bonds is 3. The number of aromatic nitrogens is 2. The van der Waals surface area contributed by atoms with Crippen LogP contribution in [0.3, 0.4) is 0 Å². The van der Waals surface area contributed by atoms with Crippen molar-refractivity contribution in [2.45, 2.75) is 19.9 Å². The molecule has 1 aliphatic rings. The third kappa shape index (κ3) is 3.76. The van der Waals surface area contributed by atoms with Crippen molar-refractivity contribution >= 4 is 40.7 Å². The van der Waals surface area contributed by atoms with Crippen LogP contribution in [-0.2, 0) is 13.0 Å². The molecular formula is C20H18Cl2N4. The minimum atomic E-state index is 0.582. The lowest BCUT2D eigenvalue weighted by atomic mass is 10.0. The average Bonchev–Trinajstić information content (AvgIpc) is 2.60. The van der Waals surface area contributed by atoms with Crippen molar-refractivity contribution in [1.82, 2.24) is 9.97 Å². The van der Waals surface area contributed by atoms with Crippen molar-refractivity contribution in [3.05, 3.63) is 75.4 Å². The molecule has 0 saturated heterocycles. The van der Waals surface area contributed by atoms with Gasteiger partial charge in [0.15, 0.2) is 0 Å². The molecule has 4 nitrogen and oxygen atoms in total. The highest BCUT2D eigenvalue weighted by Crippen LogP contribution is 2.27. The fourth-order valence-corrected chi connectivity index (χ4v) is 3.72. The summed E-state index contributed by atoms with van der Waals surface area (Å²) in [5.74, 6) is 1.46. The molecule has 1 N–H and O–H groups in total. The summed E-state index contributed by atoms with van der Waals surface area (Å²) in [4.78, 5) is 11.5. The van der Waals surface area contributed by atoms with Crippen LogP contribution >= 0.6 is 23.2 Å². The zero-order valence-corrected chi connectivity index (χ0v) is 15.8. The Hall–Kier alpha value is -2.30. The Morgan fingerprint density at radius 2 is 1.69 bits per heavy atom. The number of fused-ring (bicyclic) bond motifs is 1. The van der Waals surface area contributed by atoms with Crippen LogP contribution < -0.4 is 10.2 Å². The molecular weight excluding hydrogens is 367 g/mol. The molecule has 6 heteroatoms. The van der Waals surface area contributed by atoms with E-state index in [4.69, 9.17) is 28.2 Å². The third-order valence-electron chi connectivity index (χ3n) is 4.39. The van der Waals surface area contributed by atoms with E-state index in [1.165, 1.54) is 11.1 Å². The zero-order valence-electron chi connectivity index (χ0n) is 14.3. The Balaban J connectivity index is 1.61. The van der Waals surface area contributed by atoms with Crippen molar-refractivity contribution < 1.29 is 0 Å². The summed E-state index contributed by atoms with van der Waals surface area (Å²) < 4.78 is 0. The predicted molar refractivity (Wildman–Crippen MR) is 108 cm³/mol. The Kier molecular flexibility index (Phi) is 4.70. The molecule has 1 aromatic heterocycles. The molecule has 0 aliphatic carbocycles. The standard InChI is InChI=1S/C20H18Cl2N4/c1-13-8-19(24-18-10-16(21)9-17(22)11-18)25-20(23-13)26-7-6-14-4-2-3-5-15(14)12-26/h2-5,8-11H,6-7,12H2,1H3,(H,23,24,25). The van der Waals surface area contributed by atoms with Crippen LogP contribution in [0.2, 0.25) is 10.0 Å². The number of nitrogens with one attached hydrogen (secondary N) is 1. The molecule has 3 aromatic rings. The third-order valence-corrected chi connectivity index (χ3v) is 4.83. The summed E-state index contributed by atoms with van der Waals surface area (Å²) in [5.41, 5.74) is 4.45. The first kappa shape index (κ1) is 17.1. The summed E-state index contributed by atoms with van der Waals surface area (Å²) in [6, 6.07) is 15.8. The number of benzene rings is 2. The van der Waals surface area contributed by atoms with E-state index >= 15 is 0 Å². The van der Waals surface area contributed by atoms with Crippen molar-refractivity contribution in [3.63, 3.8) is 0 Å². The summed E-state index contributed by atoms with van der Waals surface area (Å²) in [6.07, 6.45) is 1.00. The number of anilines is 3. The Labute approximate surface area is 162 Å². The van der Waals surface area contributed by atoms with Gasteiger partial charge >= 0.3 is 0 Å². The van der Waals surface area contributed by atoms with Crippen LogP contribution in [0, 0.1) is 6.92 Å². The summed E-state index contributed by atoms with van der Waals surface area (Å²) in [5, 5.41) is 4.44. The first-order chi connectivity index (χ1) is 12.6. The first-order valence-corrected chi connectivity index (χ1v) is 9.23. The summed E-state index contributed by atoms with van der Waals surface area (Å²) >= 11 is 12.2. The molecule has 0 fully saturated rings. The fraction of sp³-hybridized carbons (Fsp3) is 0.200. The van der Waals surface area contributed by atoms with Gasteiger partial charge in [-0.1, -0.05) is 47.5 Å². The first-order valence-electron chi connectivity index (χ1n) is 8.47. The van der Waals surface area contributed by atoms with Gasteiger partial charge in [-0.3, -0.25) is 0 Å². The molecule has 0 radical (unpaired) electrons. The molecule has 0 unspecified atom stereocenters. The van der Waals surface area contributed by atoms with E-state index in [0.29, 0.717) is 10.0 Å². The number of hydrogen-bond acceptors (Lipinski definition) is 4. The van der Waals surface area contributed by atoms with Crippen molar-refractivity contribution in [2.75, 3.05) is 16.8 Å². The molecule has 26 heavy (non-hydrogen) atoms. The monoisotopic (exact) mass is 384 g/mol. The predicted octanol–water partition coefficient (Wildman–Crippen LogP) is 5.40. The molecule has 2 heterocycles. The highest BCUT2D eigenvalue weighted by Gasteiger charge is 2.19. The number of aryl methyl sites for hydroxylation is 1. The molecule has 4 rings (SSSR count). The lowest BCUT2D eigenvalue weighted by Crippen LogP contribution is -2.32. The Morgan fingerprint density at radius 3 is 2.46 bits per heavy atom. The van der Waals surface area contributed by atoms with Gasteiger partial charge in [-0.05, 0) is 42.7 Å². The lowest BCUT2D eigenvalue weighted by molar-refractivity contribution is 0.706. The van der Waals surface area contributed by atoms with Gasteiger partial charge < -0.3 is 10.2 Å². The van der Waals surface area contributed by atoms with Crippen LogP contribution in [-0.4, -0.2) is 16.5 Å². The lowest BCUT2D eigenvalue weighted by Gasteiger charge is -2.29. The van der Waals surface area contributed by atoms with E-state index in [0.717, 1.165) is 42.7 Å². The molecule has 0 spiro atoms. The minimum absolute atomic E-state index is 0.582. The molecule has 0 saturated carbocycles. The molecule has 132 valence electrons. The van der Waals surface area contributed by atoms with Crippen LogP contribution in [0.25, 0.3) is 0 Å². The van der Waals surface area contributed by atoms with Gasteiger partial charge in [0.1, 0.15) is 5.82 Å². The second kappa shape index (κ2) is 7.14. The van der Waals surface area contributed by atoms with E-state index in [-0.39, 0.29) is 0 Å². The van der Waals surface area contributed by atoms with Gasteiger partial charge in [0.25, 0.3) is 0 Å². The highest BCUT2D eigenvalue weighted by atomic mass is 35.5. The van der Waals surface area contributed by atoms with Gasteiger partial charge in [-0.15, -0.1) is 0 Å². The van der Waals surface area contributed by atoms with E-state index in [1.54, 1.807) is 6.07 Å². The van der Waals surface area contributed by atoms with Crippen LogP contribution in [0.15, 0.2) is 48.5 Å². The maximum Gasteiger partial charge on any atom is 0.227 e. The van der Waals surface area contributed by atoms with Crippen molar-refractivity contribution in [2.24, 2.45) is 0 Å². The largest absolute Gasteiger partial charge is 0.340 e. The Morgan fingerprint density at radius 1 is 0.962 bits per heavy atom. The Bertz CT molecular complexity index is 938. The zero-order chi connectivity index (χ0) is 18.1.